The quantitative estimate of drug-likeness (QED) is 0.892. The molecule has 2 aliphatic heterocycles. The summed E-state index contributed by atoms with van der Waals surface area (Å²) in [5, 5.41) is 3.90. The molecule has 2 heterocycles. The van der Waals surface area contributed by atoms with Crippen molar-refractivity contribution in [3.05, 3.63) is 35.9 Å². The number of fused-ring (bicyclic) bond motifs is 2. The summed E-state index contributed by atoms with van der Waals surface area (Å²) in [5.74, 6) is 0. The molecule has 4 unspecified atom stereocenters. The number of hydrogen-bond acceptors (Lipinski definition) is 2. The molecule has 2 fully saturated rings. The van der Waals surface area contributed by atoms with Crippen LogP contribution >= 0.6 is 0 Å². The number of nitrogens with one attached hydrogen (secondary N) is 1. The molecule has 0 radical (unpaired) electrons. The zero-order valence-electron chi connectivity index (χ0n) is 12.9. The highest BCUT2D eigenvalue weighted by Crippen LogP contribution is 2.37. The number of hydrogen-bond donors (Lipinski definition) is 1. The first kappa shape index (κ1) is 14.1. The third-order valence-electron chi connectivity index (χ3n) is 4.54. The number of rotatable bonds is 4. The molecule has 1 aromatic rings. The van der Waals surface area contributed by atoms with Crippen LogP contribution in [-0.2, 0) is 4.74 Å². The summed E-state index contributed by atoms with van der Waals surface area (Å²) in [4.78, 5) is 0. The summed E-state index contributed by atoms with van der Waals surface area (Å²) in [7, 11) is 0. The molecule has 3 rings (SSSR count). The lowest BCUT2D eigenvalue weighted by molar-refractivity contribution is 0.0949. The van der Waals surface area contributed by atoms with E-state index in [0.29, 0.717) is 29.7 Å². The van der Waals surface area contributed by atoms with Crippen molar-refractivity contribution in [1.82, 2.24) is 5.32 Å². The molecule has 0 saturated carbocycles. The van der Waals surface area contributed by atoms with Crippen LogP contribution in [0.25, 0.3) is 0 Å². The largest absolute Gasteiger partial charge is 0.373 e. The third-order valence-corrected chi connectivity index (χ3v) is 4.54. The van der Waals surface area contributed by atoms with Gasteiger partial charge in [0.1, 0.15) is 0 Å². The summed E-state index contributed by atoms with van der Waals surface area (Å²) < 4.78 is 5.99. The molecule has 1 aromatic carbocycles. The molecule has 2 aliphatic rings. The molecule has 1 N–H and O–H groups in total. The molecule has 0 spiro atoms. The fourth-order valence-corrected chi connectivity index (χ4v) is 3.64. The SMILES string of the molecule is CC(C)(C)CC(NC1CC2CCC1O2)c1ccccc1. The van der Waals surface area contributed by atoms with E-state index in [1.54, 1.807) is 0 Å². The van der Waals surface area contributed by atoms with E-state index in [4.69, 9.17) is 4.74 Å². The fourth-order valence-electron chi connectivity index (χ4n) is 3.64. The van der Waals surface area contributed by atoms with Crippen molar-refractivity contribution in [3.63, 3.8) is 0 Å². The normalized spacial score (nSPS) is 30.6. The molecule has 110 valence electrons. The maximum absolute atomic E-state index is 5.99. The van der Waals surface area contributed by atoms with Crippen LogP contribution in [0.5, 0.6) is 0 Å². The topological polar surface area (TPSA) is 21.3 Å². The second-order valence-corrected chi connectivity index (χ2v) is 7.61. The van der Waals surface area contributed by atoms with Gasteiger partial charge in [0.25, 0.3) is 0 Å². The van der Waals surface area contributed by atoms with Gasteiger partial charge in [-0.1, -0.05) is 51.1 Å². The first-order valence-corrected chi connectivity index (χ1v) is 7.98. The standard InChI is InChI=1S/C18H27NO/c1-18(2,3)12-16(13-7-5-4-6-8-13)19-15-11-14-9-10-17(15)20-14/h4-8,14-17,19H,9-12H2,1-3H3. The molecule has 2 saturated heterocycles. The fraction of sp³-hybridized carbons (Fsp3) is 0.667. The summed E-state index contributed by atoms with van der Waals surface area (Å²) in [6.07, 6.45) is 5.82. The Hall–Kier alpha value is -0.860. The van der Waals surface area contributed by atoms with Crippen LogP contribution in [0.2, 0.25) is 0 Å². The minimum Gasteiger partial charge on any atom is -0.373 e. The predicted molar refractivity (Wildman–Crippen MR) is 82.7 cm³/mol. The lowest BCUT2D eigenvalue weighted by Crippen LogP contribution is -2.41. The van der Waals surface area contributed by atoms with Crippen molar-refractivity contribution in [3.8, 4) is 0 Å². The van der Waals surface area contributed by atoms with E-state index in [1.807, 2.05) is 0 Å². The Balaban J connectivity index is 1.72. The van der Waals surface area contributed by atoms with Gasteiger partial charge in [-0.2, -0.15) is 0 Å². The van der Waals surface area contributed by atoms with E-state index in [9.17, 15) is 0 Å². The summed E-state index contributed by atoms with van der Waals surface area (Å²) >= 11 is 0. The first-order chi connectivity index (χ1) is 9.51. The van der Waals surface area contributed by atoms with Crippen molar-refractivity contribution in [1.29, 1.82) is 0 Å². The lowest BCUT2D eigenvalue weighted by Gasteiger charge is -2.31. The van der Waals surface area contributed by atoms with Crippen LogP contribution in [0, 0.1) is 5.41 Å². The second-order valence-electron chi connectivity index (χ2n) is 7.61. The third kappa shape index (κ3) is 3.24. The van der Waals surface area contributed by atoms with Crippen molar-refractivity contribution in [2.45, 2.75) is 70.7 Å². The van der Waals surface area contributed by atoms with Crippen molar-refractivity contribution >= 4 is 0 Å². The first-order valence-electron chi connectivity index (χ1n) is 7.98. The maximum atomic E-state index is 5.99. The van der Waals surface area contributed by atoms with Gasteiger partial charge in [-0.15, -0.1) is 0 Å². The minimum atomic E-state index is 0.325. The van der Waals surface area contributed by atoms with Gasteiger partial charge in [-0.05, 0) is 36.7 Å². The average molecular weight is 273 g/mol. The van der Waals surface area contributed by atoms with Crippen LogP contribution in [0.15, 0.2) is 30.3 Å². The van der Waals surface area contributed by atoms with Crippen LogP contribution in [0.4, 0.5) is 0 Å². The average Bonchev–Trinajstić information content (AvgIpc) is 3.00. The van der Waals surface area contributed by atoms with Crippen LogP contribution in [0.1, 0.15) is 58.1 Å². The van der Waals surface area contributed by atoms with E-state index >= 15 is 0 Å². The Morgan fingerprint density at radius 1 is 1.20 bits per heavy atom. The maximum Gasteiger partial charge on any atom is 0.0733 e. The van der Waals surface area contributed by atoms with Gasteiger partial charge in [0.05, 0.1) is 12.2 Å². The molecule has 0 amide bonds. The van der Waals surface area contributed by atoms with Crippen LogP contribution in [0.3, 0.4) is 0 Å². The van der Waals surface area contributed by atoms with E-state index < -0.39 is 0 Å². The summed E-state index contributed by atoms with van der Waals surface area (Å²) in [6.45, 7) is 6.96. The van der Waals surface area contributed by atoms with Crippen LogP contribution < -0.4 is 5.32 Å². The zero-order valence-corrected chi connectivity index (χ0v) is 12.9. The molecule has 2 bridgehead atoms. The molecule has 20 heavy (non-hydrogen) atoms. The van der Waals surface area contributed by atoms with Gasteiger partial charge in [-0.25, -0.2) is 0 Å². The van der Waals surface area contributed by atoms with E-state index in [0.717, 1.165) is 6.42 Å². The van der Waals surface area contributed by atoms with Gasteiger partial charge < -0.3 is 10.1 Å². The summed E-state index contributed by atoms with van der Waals surface area (Å²) in [6, 6.07) is 11.9. The minimum absolute atomic E-state index is 0.325. The Kier molecular flexibility index (Phi) is 3.87. The Morgan fingerprint density at radius 3 is 2.50 bits per heavy atom. The Labute approximate surface area is 122 Å². The highest BCUT2D eigenvalue weighted by Gasteiger charge is 2.41. The van der Waals surface area contributed by atoms with Gasteiger partial charge >= 0.3 is 0 Å². The predicted octanol–water partition coefficient (Wildman–Crippen LogP) is 4.07. The molecule has 4 atom stereocenters. The Morgan fingerprint density at radius 2 is 1.95 bits per heavy atom. The van der Waals surface area contributed by atoms with E-state index in [2.05, 4.69) is 56.4 Å². The van der Waals surface area contributed by atoms with Gasteiger partial charge in [0.2, 0.25) is 0 Å². The van der Waals surface area contributed by atoms with Crippen molar-refractivity contribution < 1.29 is 4.74 Å². The highest BCUT2D eigenvalue weighted by atomic mass is 16.5. The van der Waals surface area contributed by atoms with Gasteiger partial charge in [-0.3, -0.25) is 0 Å². The van der Waals surface area contributed by atoms with Gasteiger partial charge in [0, 0.05) is 12.1 Å². The highest BCUT2D eigenvalue weighted by molar-refractivity contribution is 5.19. The number of ether oxygens (including phenoxy) is 1. The second kappa shape index (κ2) is 5.50. The lowest BCUT2D eigenvalue weighted by atomic mass is 9.84. The molecule has 2 heteroatoms. The number of benzene rings is 1. The van der Waals surface area contributed by atoms with Gasteiger partial charge in [0.15, 0.2) is 0 Å². The molecular formula is C18H27NO. The monoisotopic (exact) mass is 273 g/mol. The molecular weight excluding hydrogens is 246 g/mol. The zero-order chi connectivity index (χ0) is 14.2. The van der Waals surface area contributed by atoms with E-state index in [-0.39, 0.29) is 0 Å². The summed E-state index contributed by atoms with van der Waals surface area (Å²) in [5.41, 5.74) is 1.73. The molecule has 0 aromatic heterocycles. The smallest absolute Gasteiger partial charge is 0.0733 e. The van der Waals surface area contributed by atoms with Crippen LogP contribution in [-0.4, -0.2) is 18.2 Å². The van der Waals surface area contributed by atoms with Crippen molar-refractivity contribution in [2.75, 3.05) is 0 Å². The molecule has 2 nitrogen and oxygen atoms in total. The Bertz CT molecular complexity index is 436. The van der Waals surface area contributed by atoms with Crippen molar-refractivity contribution in [2.24, 2.45) is 5.41 Å². The molecule has 0 aliphatic carbocycles. The van der Waals surface area contributed by atoms with E-state index in [1.165, 1.54) is 24.8 Å².